The average molecular weight is 260 g/mol. The van der Waals surface area contributed by atoms with Gasteiger partial charge in [0.1, 0.15) is 5.56 Å². The molecular weight excluding hydrogens is 256 g/mol. The Morgan fingerprint density at radius 2 is 1.73 bits per heavy atom. The van der Waals surface area contributed by atoms with E-state index in [1.54, 1.807) is 0 Å². The van der Waals surface area contributed by atoms with Crippen molar-refractivity contribution < 1.29 is 19.8 Å². The quantitative estimate of drug-likeness (QED) is 0.778. The number of carbonyl (C=O) groups is 2. The van der Waals surface area contributed by atoms with Crippen LogP contribution in [0.4, 0.5) is 0 Å². The Balaban J connectivity index is 0.00000196. The van der Waals surface area contributed by atoms with E-state index in [1.165, 1.54) is 0 Å². The summed E-state index contributed by atoms with van der Waals surface area (Å²) >= 11 is 11.0. The van der Waals surface area contributed by atoms with Gasteiger partial charge in [-0.2, -0.15) is 0 Å². The maximum absolute atomic E-state index is 10.7. The van der Waals surface area contributed by atoms with E-state index in [9.17, 15) is 9.59 Å². The van der Waals surface area contributed by atoms with Gasteiger partial charge in [-0.05, 0) is 0 Å². The second kappa shape index (κ2) is 5.67. The Hall–Kier alpha value is -0.330. The van der Waals surface area contributed by atoms with E-state index in [2.05, 4.69) is 4.98 Å². The molecule has 0 saturated heterocycles. The van der Waals surface area contributed by atoms with Crippen LogP contribution in [0.1, 0.15) is 20.8 Å². The molecule has 0 unspecified atom stereocenters. The Labute approximate surface area is 116 Å². The van der Waals surface area contributed by atoms with Gasteiger partial charge in [-0.3, -0.25) is 0 Å². The fraction of sp³-hybridized carbons (Fsp3) is 0. The van der Waals surface area contributed by atoms with Crippen molar-refractivity contribution in [2.24, 2.45) is 0 Å². The fourth-order valence-electron chi connectivity index (χ4n) is 0.823. The number of carboxylic acid groups (broad SMARTS) is 2. The third-order valence-corrected chi connectivity index (χ3v) is 2.17. The number of hydrogen-bond donors (Lipinski definition) is 2. The van der Waals surface area contributed by atoms with E-state index in [4.69, 9.17) is 33.4 Å². The van der Waals surface area contributed by atoms with Gasteiger partial charge in [0, 0.05) is 6.20 Å². The summed E-state index contributed by atoms with van der Waals surface area (Å²) in [7, 11) is 0. The van der Waals surface area contributed by atoms with Crippen molar-refractivity contribution in [1.29, 1.82) is 0 Å². The summed E-state index contributed by atoms with van der Waals surface area (Å²) in [4.78, 5) is 24.6. The van der Waals surface area contributed by atoms with Gasteiger partial charge in [0.15, 0.2) is 5.69 Å². The molecule has 0 bridgehead atoms. The monoisotopic (exact) mass is 259 g/mol. The van der Waals surface area contributed by atoms with Crippen molar-refractivity contribution in [1.82, 2.24) is 4.98 Å². The molecule has 0 aliphatic carbocycles. The zero-order chi connectivity index (χ0) is 10.9. The first-order valence-electron chi connectivity index (χ1n) is 3.25. The number of aromatic nitrogens is 1. The maximum atomic E-state index is 10.7. The topological polar surface area (TPSA) is 87.5 Å². The summed E-state index contributed by atoms with van der Waals surface area (Å²) in [5, 5.41) is 16.8. The number of carboxylic acids is 2. The van der Waals surface area contributed by atoms with Crippen LogP contribution in [-0.2, 0) is 0 Å². The van der Waals surface area contributed by atoms with Crippen LogP contribution in [0.2, 0.25) is 10.0 Å². The molecule has 0 atom stereocenters. The molecule has 0 spiro atoms. The molecule has 5 nitrogen and oxygen atoms in total. The Bertz CT molecular complexity index is 424. The van der Waals surface area contributed by atoms with Gasteiger partial charge >= 0.3 is 41.5 Å². The van der Waals surface area contributed by atoms with E-state index >= 15 is 0 Å². The normalized spacial score (nSPS) is 9.20. The average Bonchev–Trinajstić information content (AvgIpc) is 2.08. The van der Waals surface area contributed by atoms with Gasteiger partial charge in [0.25, 0.3) is 0 Å². The van der Waals surface area contributed by atoms with Crippen LogP contribution in [0, 0.1) is 0 Å². The van der Waals surface area contributed by atoms with Gasteiger partial charge in [0.05, 0.1) is 10.0 Å². The Kier molecular flexibility index (Phi) is 5.55. The summed E-state index contributed by atoms with van der Waals surface area (Å²) in [5.74, 6) is -2.96. The SMILES string of the molecule is O=C(O)c1ncc(Cl)c(Cl)c1C(=O)O.[NaH]. The Morgan fingerprint density at radius 3 is 2.13 bits per heavy atom. The van der Waals surface area contributed by atoms with Gasteiger partial charge in [-0.15, -0.1) is 0 Å². The van der Waals surface area contributed by atoms with Gasteiger partial charge in [-0.1, -0.05) is 23.2 Å². The number of rotatable bonds is 2. The molecule has 0 aliphatic rings. The fourth-order valence-corrected chi connectivity index (χ4v) is 1.19. The second-order valence-corrected chi connectivity index (χ2v) is 3.04. The van der Waals surface area contributed by atoms with Crippen LogP contribution >= 0.6 is 23.2 Å². The van der Waals surface area contributed by atoms with Crippen LogP contribution in [0.3, 0.4) is 0 Å². The third-order valence-electron chi connectivity index (χ3n) is 1.39. The molecule has 0 radical (unpaired) electrons. The van der Waals surface area contributed by atoms with Crippen molar-refractivity contribution in [3.63, 3.8) is 0 Å². The molecule has 1 aromatic heterocycles. The van der Waals surface area contributed by atoms with Gasteiger partial charge < -0.3 is 10.2 Å². The number of nitrogens with zero attached hydrogens (tertiary/aromatic N) is 1. The van der Waals surface area contributed by atoms with Crippen molar-refractivity contribution in [2.45, 2.75) is 0 Å². The minimum absolute atomic E-state index is 0. The van der Waals surface area contributed by atoms with E-state index in [-0.39, 0.29) is 39.6 Å². The Morgan fingerprint density at radius 1 is 1.20 bits per heavy atom. The van der Waals surface area contributed by atoms with Crippen molar-refractivity contribution in [3.8, 4) is 0 Å². The molecule has 1 heterocycles. The number of aromatic carboxylic acids is 2. The first-order valence-corrected chi connectivity index (χ1v) is 4.01. The molecular formula is C7H4Cl2NNaO4. The molecule has 0 fully saturated rings. The van der Waals surface area contributed by atoms with Gasteiger partial charge in [-0.25, -0.2) is 14.6 Å². The zero-order valence-electron chi connectivity index (χ0n) is 6.49. The molecule has 76 valence electrons. The predicted octanol–water partition coefficient (Wildman–Crippen LogP) is 1.14. The molecule has 1 aromatic rings. The molecule has 2 N–H and O–H groups in total. The first kappa shape index (κ1) is 14.7. The molecule has 8 heteroatoms. The van der Waals surface area contributed by atoms with Crippen LogP contribution in [0.15, 0.2) is 6.20 Å². The van der Waals surface area contributed by atoms with Crippen molar-refractivity contribution in [2.75, 3.05) is 0 Å². The number of halogens is 2. The summed E-state index contributed by atoms with van der Waals surface area (Å²) in [6.45, 7) is 0. The van der Waals surface area contributed by atoms with Crippen LogP contribution < -0.4 is 0 Å². The standard InChI is InChI=1S/C7H3Cl2NO4.Na.H/c8-2-1-10-5(7(13)14)3(4(2)9)6(11)12;;/h1H,(H,11,12)(H,13,14);;. The third kappa shape index (κ3) is 3.06. The molecule has 0 aliphatic heterocycles. The molecule has 15 heavy (non-hydrogen) atoms. The van der Waals surface area contributed by atoms with E-state index in [1.807, 2.05) is 0 Å². The summed E-state index contributed by atoms with van der Waals surface area (Å²) in [6, 6.07) is 0. The molecule has 0 saturated carbocycles. The predicted molar refractivity (Wildman–Crippen MR) is 55.3 cm³/mol. The van der Waals surface area contributed by atoms with Crippen LogP contribution in [0.5, 0.6) is 0 Å². The van der Waals surface area contributed by atoms with Crippen molar-refractivity contribution in [3.05, 3.63) is 27.5 Å². The second-order valence-electron chi connectivity index (χ2n) is 2.25. The molecule has 0 amide bonds. The van der Waals surface area contributed by atoms with Gasteiger partial charge in [0.2, 0.25) is 0 Å². The summed E-state index contributed by atoms with van der Waals surface area (Å²) in [5.41, 5.74) is -1.24. The number of pyridine rings is 1. The van der Waals surface area contributed by atoms with E-state index < -0.39 is 23.2 Å². The van der Waals surface area contributed by atoms with Crippen LogP contribution in [0.25, 0.3) is 0 Å². The summed E-state index contributed by atoms with van der Waals surface area (Å²) in [6.07, 6.45) is 0.986. The van der Waals surface area contributed by atoms with E-state index in [0.717, 1.165) is 6.20 Å². The molecule has 0 aromatic carbocycles. The van der Waals surface area contributed by atoms with E-state index in [0.29, 0.717) is 0 Å². The van der Waals surface area contributed by atoms with Crippen LogP contribution in [-0.4, -0.2) is 56.7 Å². The first-order chi connectivity index (χ1) is 6.45. The molecule has 1 rings (SSSR count). The number of hydrogen-bond acceptors (Lipinski definition) is 3. The minimum atomic E-state index is -1.48. The zero-order valence-corrected chi connectivity index (χ0v) is 8.00. The summed E-state index contributed by atoms with van der Waals surface area (Å²) < 4.78 is 0. The van der Waals surface area contributed by atoms with Crippen molar-refractivity contribution >= 4 is 64.7 Å².